The zero-order valence-corrected chi connectivity index (χ0v) is 9.96. The second-order valence-electron chi connectivity index (χ2n) is 3.82. The van der Waals surface area contributed by atoms with Gasteiger partial charge in [0.15, 0.2) is 6.29 Å². The molecule has 0 unspecified atom stereocenters. The molecule has 0 radical (unpaired) electrons. The van der Waals surface area contributed by atoms with Gasteiger partial charge in [-0.2, -0.15) is 0 Å². The van der Waals surface area contributed by atoms with Crippen molar-refractivity contribution in [1.82, 2.24) is 0 Å². The van der Waals surface area contributed by atoms with Crippen LogP contribution in [0, 0.1) is 12.7 Å². The summed E-state index contributed by atoms with van der Waals surface area (Å²) in [4.78, 5) is 10.6. The average Bonchev–Trinajstić information content (AvgIpc) is 2.32. The molecule has 2 aromatic rings. The highest BCUT2D eigenvalue weighted by molar-refractivity contribution is 6.33. The SMILES string of the molecule is Cc1cc(-c2ccc(C=O)c(Cl)c2)ccc1F. The van der Waals surface area contributed by atoms with Gasteiger partial charge < -0.3 is 0 Å². The Balaban J connectivity index is 2.49. The van der Waals surface area contributed by atoms with Gasteiger partial charge in [-0.1, -0.05) is 23.7 Å². The Bertz CT molecular complexity index is 578. The smallest absolute Gasteiger partial charge is 0.151 e. The normalized spacial score (nSPS) is 10.3. The van der Waals surface area contributed by atoms with Crippen molar-refractivity contribution >= 4 is 17.9 Å². The van der Waals surface area contributed by atoms with Crippen molar-refractivity contribution in [1.29, 1.82) is 0 Å². The monoisotopic (exact) mass is 248 g/mol. The van der Waals surface area contributed by atoms with Gasteiger partial charge in [-0.3, -0.25) is 4.79 Å². The van der Waals surface area contributed by atoms with Crippen molar-refractivity contribution < 1.29 is 9.18 Å². The minimum atomic E-state index is -0.232. The topological polar surface area (TPSA) is 17.1 Å². The van der Waals surface area contributed by atoms with Crippen LogP contribution in [-0.4, -0.2) is 6.29 Å². The third-order valence-electron chi connectivity index (χ3n) is 2.62. The highest BCUT2D eigenvalue weighted by Gasteiger charge is 2.05. The molecular weight excluding hydrogens is 239 g/mol. The van der Waals surface area contributed by atoms with E-state index in [0.29, 0.717) is 22.4 Å². The number of carbonyl (C=O) groups is 1. The Hall–Kier alpha value is -1.67. The summed E-state index contributed by atoms with van der Waals surface area (Å²) in [6.07, 6.45) is 0.710. The van der Waals surface area contributed by atoms with Gasteiger partial charge in [0.2, 0.25) is 0 Å². The minimum Gasteiger partial charge on any atom is -0.298 e. The van der Waals surface area contributed by atoms with Crippen molar-refractivity contribution in [3.63, 3.8) is 0 Å². The van der Waals surface area contributed by atoms with Crippen LogP contribution in [0.4, 0.5) is 4.39 Å². The van der Waals surface area contributed by atoms with Crippen LogP contribution in [-0.2, 0) is 0 Å². The molecule has 0 aliphatic rings. The minimum absolute atomic E-state index is 0.232. The fourth-order valence-corrected chi connectivity index (χ4v) is 1.85. The van der Waals surface area contributed by atoms with Crippen molar-refractivity contribution in [3.8, 4) is 11.1 Å². The molecule has 0 atom stereocenters. The molecule has 0 bridgehead atoms. The van der Waals surface area contributed by atoms with Gasteiger partial charge >= 0.3 is 0 Å². The van der Waals surface area contributed by atoms with Gasteiger partial charge in [-0.15, -0.1) is 0 Å². The number of benzene rings is 2. The summed E-state index contributed by atoms with van der Waals surface area (Å²) in [5.41, 5.74) is 2.78. The van der Waals surface area contributed by atoms with E-state index in [1.54, 1.807) is 37.3 Å². The van der Waals surface area contributed by atoms with Crippen LogP contribution in [0.3, 0.4) is 0 Å². The van der Waals surface area contributed by atoms with E-state index in [0.717, 1.165) is 11.1 Å². The van der Waals surface area contributed by atoms with Crippen LogP contribution in [0.15, 0.2) is 36.4 Å². The number of hydrogen-bond acceptors (Lipinski definition) is 1. The largest absolute Gasteiger partial charge is 0.298 e. The number of aldehydes is 1. The Morgan fingerprint density at radius 3 is 2.35 bits per heavy atom. The fourth-order valence-electron chi connectivity index (χ4n) is 1.63. The van der Waals surface area contributed by atoms with Crippen LogP contribution >= 0.6 is 11.6 Å². The molecule has 17 heavy (non-hydrogen) atoms. The molecule has 0 N–H and O–H groups in total. The van der Waals surface area contributed by atoms with E-state index in [-0.39, 0.29) is 5.82 Å². The first kappa shape index (κ1) is 11.8. The van der Waals surface area contributed by atoms with E-state index in [4.69, 9.17) is 11.6 Å². The third kappa shape index (κ3) is 2.37. The van der Waals surface area contributed by atoms with Gasteiger partial charge in [0.05, 0.1) is 5.02 Å². The number of aryl methyl sites for hydroxylation is 1. The van der Waals surface area contributed by atoms with E-state index in [9.17, 15) is 9.18 Å². The summed E-state index contributed by atoms with van der Waals surface area (Å²) in [5.74, 6) is -0.232. The second-order valence-corrected chi connectivity index (χ2v) is 4.23. The quantitative estimate of drug-likeness (QED) is 0.726. The van der Waals surface area contributed by atoms with E-state index in [1.165, 1.54) is 6.07 Å². The molecule has 0 aromatic heterocycles. The third-order valence-corrected chi connectivity index (χ3v) is 2.95. The van der Waals surface area contributed by atoms with E-state index < -0.39 is 0 Å². The van der Waals surface area contributed by atoms with Gasteiger partial charge in [-0.05, 0) is 47.9 Å². The van der Waals surface area contributed by atoms with Crippen LogP contribution in [0.25, 0.3) is 11.1 Å². The summed E-state index contributed by atoms with van der Waals surface area (Å²) in [6.45, 7) is 1.71. The molecule has 3 heteroatoms. The predicted octanol–water partition coefficient (Wildman–Crippen LogP) is 4.27. The molecule has 0 fully saturated rings. The highest BCUT2D eigenvalue weighted by Crippen LogP contribution is 2.26. The van der Waals surface area contributed by atoms with Crippen molar-refractivity contribution in [3.05, 3.63) is 58.4 Å². The summed E-state index contributed by atoms with van der Waals surface area (Å²) in [7, 11) is 0. The fraction of sp³-hybridized carbons (Fsp3) is 0.0714. The van der Waals surface area contributed by atoms with Crippen LogP contribution in [0.1, 0.15) is 15.9 Å². The lowest BCUT2D eigenvalue weighted by Gasteiger charge is -2.05. The van der Waals surface area contributed by atoms with Crippen LogP contribution in [0.2, 0.25) is 5.02 Å². The molecule has 2 rings (SSSR count). The van der Waals surface area contributed by atoms with Crippen LogP contribution in [0.5, 0.6) is 0 Å². The molecule has 1 nitrogen and oxygen atoms in total. The molecule has 0 heterocycles. The first-order chi connectivity index (χ1) is 8.11. The molecule has 2 aromatic carbocycles. The average molecular weight is 249 g/mol. The number of hydrogen-bond donors (Lipinski definition) is 0. The zero-order chi connectivity index (χ0) is 12.4. The van der Waals surface area contributed by atoms with E-state index in [2.05, 4.69) is 0 Å². The molecule has 0 spiro atoms. The first-order valence-electron chi connectivity index (χ1n) is 5.13. The molecule has 0 saturated heterocycles. The number of rotatable bonds is 2. The molecule has 0 saturated carbocycles. The Kier molecular flexibility index (Phi) is 3.25. The molecule has 0 aliphatic carbocycles. The van der Waals surface area contributed by atoms with E-state index in [1.807, 2.05) is 0 Å². The highest BCUT2D eigenvalue weighted by atomic mass is 35.5. The summed E-state index contributed by atoms with van der Waals surface area (Å²) in [6, 6.07) is 10.0. The van der Waals surface area contributed by atoms with Crippen LogP contribution < -0.4 is 0 Å². The Labute approximate surface area is 104 Å². The summed E-state index contributed by atoms with van der Waals surface area (Å²) >= 11 is 5.95. The van der Waals surface area contributed by atoms with E-state index >= 15 is 0 Å². The summed E-state index contributed by atoms with van der Waals surface area (Å²) < 4.78 is 13.1. The molecule has 86 valence electrons. The first-order valence-corrected chi connectivity index (χ1v) is 5.51. The van der Waals surface area contributed by atoms with Crippen molar-refractivity contribution in [2.75, 3.05) is 0 Å². The standard InChI is InChI=1S/C14H10ClFO/c1-9-6-10(4-5-14(9)16)11-2-3-12(8-17)13(15)7-11/h2-8H,1H3. The van der Waals surface area contributed by atoms with Crippen molar-refractivity contribution in [2.45, 2.75) is 6.92 Å². The van der Waals surface area contributed by atoms with Gasteiger partial charge in [0.25, 0.3) is 0 Å². The zero-order valence-electron chi connectivity index (χ0n) is 9.21. The molecular formula is C14H10ClFO. The van der Waals surface area contributed by atoms with Gasteiger partial charge in [0.1, 0.15) is 5.82 Å². The molecule has 0 aliphatic heterocycles. The molecule has 0 amide bonds. The predicted molar refractivity (Wildman–Crippen MR) is 67.0 cm³/mol. The lowest BCUT2D eigenvalue weighted by molar-refractivity contribution is 0.112. The Morgan fingerprint density at radius 1 is 1.12 bits per heavy atom. The maximum Gasteiger partial charge on any atom is 0.151 e. The van der Waals surface area contributed by atoms with Gasteiger partial charge in [0, 0.05) is 5.56 Å². The maximum atomic E-state index is 13.1. The van der Waals surface area contributed by atoms with Crippen molar-refractivity contribution in [2.24, 2.45) is 0 Å². The Morgan fingerprint density at radius 2 is 1.76 bits per heavy atom. The second kappa shape index (κ2) is 4.68. The lowest BCUT2D eigenvalue weighted by atomic mass is 10.0. The van der Waals surface area contributed by atoms with Gasteiger partial charge in [-0.25, -0.2) is 4.39 Å². The maximum absolute atomic E-state index is 13.1. The summed E-state index contributed by atoms with van der Waals surface area (Å²) in [5, 5.41) is 0.402. The number of carbonyl (C=O) groups excluding carboxylic acids is 1. The lowest BCUT2D eigenvalue weighted by Crippen LogP contribution is -1.86. The number of halogens is 2.